The Morgan fingerprint density at radius 1 is 1.03 bits per heavy atom. The summed E-state index contributed by atoms with van der Waals surface area (Å²) < 4.78 is 4.80. The Hall–Kier alpha value is -2.70. The molecule has 4 unspecified atom stereocenters. The maximum atomic E-state index is 13.2. The number of rotatable bonds is 9. The Bertz CT molecular complexity index is 1010. The third-order valence-corrected chi connectivity index (χ3v) is 7.99. The molecule has 0 saturated carbocycles. The van der Waals surface area contributed by atoms with E-state index < -0.39 is 5.97 Å². The zero-order chi connectivity index (χ0) is 25.6. The van der Waals surface area contributed by atoms with Crippen molar-refractivity contribution in [2.75, 3.05) is 13.7 Å². The van der Waals surface area contributed by atoms with Crippen molar-refractivity contribution in [3.63, 3.8) is 0 Å². The SMILES string of the molecule is CCC1(C)CC(NC(=O)c2cccc(C(=O)OC)c2)C(C)C(C)(CC)N1OCCc1ccccc1. The lowest BCUT2D eigenvalue weighted by Gasteiger charge is -2.59. The van der Waals surface area contributed by atoms with Crippen molar-refractivity contribution in [3.05, 3.63) is 71.3 Å². The molecule has 0 aromatic heterocycles. The predicted octanol–water partition coefficient (Wildman–Crippen LogP) is 5.43. The van der Waals surface area contributed by atoms with E-state index >= 15 is 0 Å². The Morgan fingerprint density at radius 2 is 1.71 bits per heavy atom. The molecular formula is C29H40N2O4. The fourth-order valence-electron chi connectivity index (χ4n) is 5.26. The van der Waals surface area contributed by atoms with Crippen LogP contribution in [-0.4, -0.2) is 47.8 Å². The molecule has 3 rings (SSSR count). The molecule has 6 nitrogen and oxygen atoms in total. The van der Waals surface area contributed by atoms with Gasteiger partial charge in [0.25, 0.3) is 5.91 Å². The second-order valence-corrected chi connectivity index (χ2v) is 10.1. The van der Waals surface area contributed by atoms with Gasteiger partial charge in [-0.3, -0.25) is 9.63 Å². The number of methoxy groups -OCH3 is 1. The number of hydroxylamine groups is 2. The number of esters is 1. The maximum Gasteiger partial charge on any atom is 0.337 e. The van der Waals surface area contributed by atoms with Gasteiger partial charge in [-0.1, -0.05) is 57.2 Å². The molecule has 1 aliphatic heterocycles. The summed E-state index contributed by atoms with van der Waals surface area (Å²) in [4.78, 5) is 31.7. The third-order valence-electron chi connectivity index (χ3n) is 7.99. The summed E-state index contributed by atoms with van der Waals surface area (Å²) in [7, 11) is 1.34. The van der Waals surface area contributed by atoms with Crippen LogP contribution in [0.2, 0.25) is 0 Å². The molecule has 6 heteroatoms. The molecule has 1 heterocycles. The molecule has 4 atom stereocenters. The minimum Gasteiger partial charge on any atom is -0.465 e. The zero-order valence-electron chi connectivity index (χ0n) is 22.0. The average molecular weight is 481 g/mol. The van der Waals surface area contributed by atoms with Gasteiger partial charge in [0.05, 0.1) is 19.3 Å². The molecule has 0 radical (unpaired) electrons. The summed E-state index contributed by atoms with van der Waals surface area (Å²) in [5.74, 6) is -0.481. The van der Waals surface area contributed by atoms with Gasteiger partial charge in [0.15, 0.2) is 0 Å². The first-order valence-corrected chi connectivity index (χ1v) is 12.6. The lowest BCUT2D eigenvalue weighted by molar-refractivity contribution is -0.306. The van der Waals surface area contributed by atoms with Gasteiger partial charge in [-0.15, -0.1) is 0 Å². The van der Waals surface area contributed by atoms with Crippen molar-refractivity contribution in [1.29, 1.82) is 0 Å². The zero-order valence-corrected chi connectivity index (χ0v) is 22.0. The Labute approximate surface area is 210 Å². The maximum absolute atomic E-state index is 13.2. The summed E-state index contributed by atoms with van der Waals surface area (Å²) in [5.41, 5.74) is 1.59. The minimum absolute atomic E-state index is 0.0341. The molecule has 2 aromatic rings. The highest BCUT2D eigenvalue weighted by Gasteiger charge is 2.54. The number of carbonyl (C=O) groups is 2. The van der Waals surface area contributed by atoms with Crippen molar-refractivity contribution < 1.29 is 19.2 Å². The molecule has 1 aliphatic rings. The lowest BCUT2D eigenvalue weighted by Crippen LogP contribution is -2.70. The molecule has 1 amide bonds. The summed E-state index contributed by atoms with van der Waals surface area (Å²) >= 11 is 0. The largest absolute Gasteiger partial charge is 0.465 e. The highest BCUT2D eigenvalue weighted by atomic mass is 16.7. The van der Waals surface area contributed by atoms with Crippen LogP contribution in [0.5, 0.6) is 0 Å². The third kappa shape index (κ3) is 5.76. The summed E-state index contributed by atoms with van der Waals surface area (Å²) in [6, 6.07) is 17.0. The molecule has 2 aromatic carbocycles. The highest BCUT2D eigenvalue weighted by molar-refractivity contribution is 5.98. The van der Waals surface area contributed by atoms with Gasteiger partial charge >= 0.3 is 5.97 Å². The number of hydrogen-bond donors (Lipinski definition) is 1. The first-order chi connectivity index (χ1) is 16.7. The quantitative estimate of drug-likeness (QED) is 0.485. The van der Waals surface area contributed by atoms with Crippen molar-refractivity contribution in [2.24, 2.45) is 5.92 Å². The molecule has 1 saturated heterocycles. The van der Waals surface area contributed by atoms with E-state index in [4.69, 9.17) is 9.57 Å². The second kappa shape index (κ2) is 11.4. The predicted molar refractivity (Wildman–Crippen MR) is 138 cm³/mol. The Morgan fingerprint density at radius 3 is 2.34 bits per heavy atom. The first kappa shape index (κ1) is 26.9. The van der Waals surface area contributed by atoms with E-state index in [1.54, 1.807) is 24.3 Å². The van der Waals surface area contributed by atoms with Gasteiger partial charge in [0, 0.05) is 22.7 Å². The van der Waals surface area contributed by atoms with Crippen molar-refractivity contribution >= 4 is 11.9 Å². The second-order valence-electron chi connectivity index (χ2n) is 10.1. The topological polar surface area (TPSA) is 67.9 Å². The first-order valence-electron chi connectivity index (χ1n) is 12.6. The van der Waals surface area contributed by atoms with Gasteiger partial charge in [-0.2, -0.15) is 5.06 Å². The Balaban J connectivity index is 1.78. The molecule has 0 aliphatic carbocycles. The van der Waals surface area contributed by atoms with E-state index in [2.05, 4.69) is 69.3 Å². The van der Waals surface area contributed by atoms with E-state index in [-0.39, 0.29) is 28.9 Å². The van der Waals surface area contributed by atoms with Crippen molar-refractivity contribution in [2.45, 2.75) is 77.4 Å². The number of amides is 1. The van der Waals surface area contributed by atoms with Crippen LogP contribution in [0.4, 0.5) is 0 Å². The van der Waals surface area contributed by atoms with E-state index in [1.807, 2.05) is 6.07 Å². The molecule has 1 N–H and O–H groups in total. The number of nitrogens with zero attached hydrogens (tertiary/aromatic N) is 1. The van der Waals surface area contributed by atoms with Crippen LogP contribution in [0.3, 0.4) is 0 Å². The molecule has 1 fully saturated rings. The normalized spacial score (nSPS) is 26.8. The Kier molecular flexibility index (Phi) is 8.73. The number of piperidine rings is 1. The fourth-order valence-corrected chi connectivity index (χ4v) is 5.26. The summed E-state index contributed by atoms with van der Waals surface area (Å²) in [6.45, 7) is 11.6. The van der Waals surface area contributed by atoms with Gasteiger partial charge in [-0.05, 0) is 69.2 Å². The fraction of sp³-hybridized carbons (Fsp3) is 0.517. The summed E-state index contributed by atoms with van der Waals surface area (Å²) in [6.07, 6.45) is 3.40. The highest BCUT2D eigenvalue weighted by Crippen LogP contribution is 2.45. The minimum atomic E-state index is -0.453. The molecule has 190 valence electrons. The van der Waals surface area contributed by atoms with Crippen LogP contribution in [0, 0.1) is 5.92 Å². The molecular weight excluding hydrogens is 440 g/mol. The van der Waals surface area contributed by atoms with E-state index in [0.29, 0.717) is 17.7 Å². The lowest BCUT2D eigenvalue weighted by atomic mass is 9.68. The van der Waals surface area contributed by atoms with Crippen LogP contribution < -0.4 is 5.32 Å². The number of ether oxygens (including phenoxy) is 1. The van der Waals surface area contributed by atoms with Crippen LogP contribution in [0.1, 0.15) is 80.2 Å². The molecule has 0 spiro atoms. The van der Waals surface area contributed by atoms with Crippen LogP contribution in [0.15, 0.2) is 54.6 Å². The number of nitrogens with one attached hydrogen (secondary N) is 1. The van der Waals surface area contributed by atoms with Gasteiger partial charge in [0.2, 0.25) is 0 Å². The van der Waals surface area contributed by atoms with E-state index in [9.17, 15) is 9.59 Å². The number of hydrogen-bond acceptors (Lipinski definition) is 5. The molecule has 0 bridgehead atoms. The van der Waals surface area contributed by atoms with Gasteiger partial charge in [-0.25, -0.2) is 4.79 Å². The number of benzene rings is 2. The standard InChI is InChI=1S/C29H40N2O4/c1-7-28(4)20-25(30-26(32)23-15-12-16-24(19-23)27(33)34-6)21(3)29(5,8-2)31(28)35-18-17-22-13-10-9-11-14-22/h9-16,19,21,25H,7-8,17-18,20H2,1-6H3,(H,30,32). The van der Waals surface area contributed by atoms with Crippen molar-refractivity contribution in [3.8, 4) is 0 Å². The van der Waals surface area contributed by atoms with Crippen LogP contribution in [0.25, 0.3) is 0 Å². The van der Waals surface area contributed by atoms with Gasteiger partial charge < -0.3 is 10.1 Å². The van der Waals surface area contributed by atoms with E-state index in [1.165, 1.54) is 12.7 Å². The molecule has 35 heavy (non-hydrogen) atoms. The van der Waals surface area contributed by atoms with Crippen LogP contribution in [-0.2, 0) is 16.0 Å². The summed E-state index contributed by atoms with van der Waals surface area (Å²) in [5, 5.41) is 5.51. The monoisotopic (exact) mass is 480 g/mol. The van der Waals surface area contributed by atoms with Gasteiger partial charge in [0.1, 0.15) is 0 Å². The van der Waals surface area contributed by atoms with E-state index in [0.717, 1.165) is 25.7 Å². The smallest absolute Gasteiger partial charge is 0.337 e. The average Bonchev–Trinajstić information content (AvgIpc) is 2.89. The van der Waals surface area contributed by atoms with Crippen molar-refractivity contribution in [1.82, 2.24) is 10.4 Å². The van der Waals surface area contributed by atoms with Crippen LogP contribution >= 0.6 is 0 Å². The number of carbonyl (C=O) groups excluding carboxylic acids is 2.